The number of nitrogens with zero attached hydrogens (tertiary/aromatic N) is 3. The second kappa shape index (κ2) is 16.5. The molecule has 5 aliphatic rings. The predicted octanol–water partition coefficient (Wildman–Crippen LogP) is 19.1. The summed E-state index contributed by atoms with van der Waals surface area (Å²) < 4.78 is 9.83. The molecule has 0 radical (unpaired) electrons. The molecule has 1 fully saturated rings. The van der Waals surface area contributed by atoms with Gasteiger partial charge in [0.1, 0.15) is 5.58 Å². The third-order valence-electron chi connectivity index (χ3n) is 20.6. The van der Waals surface area contributed by atoms with Crippen LogP contribution in [-0.2, 0) is 21.7 Å². The quantitative estimate of drug-likeness (QED) is 0.164. The van der Waals surface area contributed by atoms with Crippen LogP contribution < -0.4 is 31.1 Å². The van der Waals surface area contributed by atoms with Crippen molar-refractivity contribution < 1.29 is 4.42 Å². The molecule has 0 spiro atoms. The van der Waals surface area contributed by atoms with Gasteiger partial charge >= 0.3 is 0 Å². The number of rotatable bonds is 4. The van der Waals surface area contributed by atoms with Crippen molar-refractivity contribution in [2.24, 2.45) is 0 Å². The maximum absolute atomic E-state index is 7.19. The second-order valence-corrected chi connectivity index (χ2v) is 28.0. The Labute approximate surface area is 475 Å². The monoisotopic (exact) mass is 1060 g/mol. The fourth-order valence-corrected chi connectivity index (χ4v) is 17.2. The van der Waals surface area contributed by atoms with E-state index < -0.39 is 0 Å². The zero-order valence-corrected chi connectivity index (χ0v) is 48.5. The summed E-state index contributed by atoms with van der Waals surface area (Å²) in [5, 5.41) is 4.90. The molecule has 0 bridgehead atoms. The molecule has 2 aliphatic carbocycles. The Morgan fingerprint density at radius 1 is 0.500 bits per heavy atom. The Morgan fingerprint density at radius 2 is 1.18 bits per heavy atom. The van der Waals surface area contributed by atoms with E-state index in [9.17, 15) is 0 Å². The van der Waals surface area contributed by atoms with Crippen molar-refractivity contribution in [2.75, 3.05) is 14.7 Å². The maximum atomic E-state index is 7.19. The van der Waals surface area contributed by atoms with Crippen molar-refractivity contribution >= 4 is 122 Å². The lowest BCUT2D eigenvalue weighted by Crippen LogP contribution is -2.62. The molecule has 1 saturated carbocycles. The molecule has 3 aliphatic heterocycles. The van der Waals surface area contributed by atoms with Crippen molar-refractivity contribution in [3.05, 3.63) is 198 Å². The summed E-state index contributed by atoms with van der Waals surface area (Å²) in [6.45, 7) is 22.1. The number of benzene rings is 9. The Balaban J connectivity index is 1.11. The highest BCUT2D eigenvalue weighted by Gasteiger charge is 2.58. The van der Waals surface area contributed by atoms with E-state index in [0.29, 0.717) is 0 Å². The van der Waals surface area contributed by atoms with Gasteiger partial charge in [-0.05, 0) is 148 Å². The molecule has 11 aromatic rings. The van der Waals surface area contributed by atoms with E-state index in [2.05, 4.69) is 253 Å². The number of fused-ring (bicyclic) bond motifs is 15. The lowest BCUT2D eigenvalue weighted by molar-refractivity contribution is 0.195. The summed E-state index contributed by atoms with van der Waals surface area (Å²) in [5.41, 5.74) is 23.5. The van der Waals surface area contributed by atoms with E-state index in [1.807, 2.05) is 11.3 Å². The summed E-state index contributed by atoms with van der Waals surface area (Å²) in [6.07, 6.45) is 6.97. The van der Waals surface area contributed by atoms with E-state index >= 15 is 0 Å². The lowest BCUT2D eigenvalue weighted by atomic mass is 9.33. The molecule has 80 heavy (non-hydrogen) atoms. The van der Waals surface area contributed by atoms with E-state index in [0.717, 1.165) is 53.3 Å². The first-order chi connectivity index (χ1) is 38.5. The normalized spacial score (nSPS) is 20.5. The van der Waals surface area contributed by atoms with Crippen LogP contribution in [0.25, 0.3) is 53.2 Å². The minimum Gasteiger partial charge on any atom is -0.454 e. The second-order valence-electron chi connectivity index (χ2n) is 27.0. The van der Waals surface area contributed by atoms with Crippen molar-refractivity contribution in [3.8, 4) is 11.1 Å². The minimum atomic E-state index is -0.181. The zero-order valence-electron chi connectivity index (χ0n) is 47.7. The van der Waals surface area contributed by atoms with Crippen molar-refractivity contribution in [1.29, 1.82) is 0 Å². The van der Waals surface area contributed by atoms with Crippen LogP contribution in [0, 0.1) is 0 Å². The van der Waals surface area contributed by atoms with Gasteiger partial charge in [-0.15, -0.1) is 11.3 Å². The topological polar surface area (TPSA) is 22.9 Å². The Morgan fingerprint density at radius 3 is 1.98 bits per heavy atom. The van der Waals surface area contributed by atoms with Gasteiger partial charge in [-0.2, -0.15) is 0 Å². The molecule has 394 valence electrons. The fourth-order valence-electron chi connectivity index (χ4n) is 16.0. The third kappa shape index (κ3) is 6.51. The number of thiophene rings is 1. The first-order valence-corrected chi connectivity index (χ1v) is 30.3. The highest BCUT2D eigenvalue weighted by molar-refractivity contribution is 7.26. The average Bonchev–Trinajstić information content (AvgIpc) is 3.77. The van der Waals surface area contributed by atoms with Crippen LogP contribution in [-0.4, -0.2) is 12.3 Å². The van der Waals surface area contributed by atoms with Crippen LogP contribution in [0.4, 0.5) is 45.5 Å². The third-order valence-corrected chi connectivity index (χ3v) is 21.8. The van der Waals surface area contributed by atoms with E-state index in [4.69, 9.17) is 4.42 Å². The molecular formula is C74H68BN3OS. The van der Waals surface area contributed by atoms with Gasteiger partial charge < -0.3 is 19.1 Å². The first-order valence-electron chi connectivity index (χ1n) is 29.5. The molecule has 9 aromatic carbocycles. The molecule has 0 amide bonds. The molecule has 5 heterocycles. The van der Waals surface area contributed by atoms with Gasteiger partial charge in [0.2, 0.25) is 0 Å². The Kier molecular flexibility index (Phi) is 10.0. The first kappa shape index (κ1) is 48.4. The number of anilines is 8. The van der Waals surface area contributed by atoms with E-state index in [-0.39, 0.29) is 33.9 Å². The van der Waals surface area contributed by atoms with Crippen LogP contribution in [0.2, 0.25) is 0 Å². The highest BCUT2D eigenvalue weighted by Crippen LogP contribution is 2.63. The Bertz CT molecular complexity index is 4440. The standard InChI is InChI=1S/C74H68BN3OS/c1-70(2,3)46-32-35-58(52(40-46)45-22-11-10-12-23-45)77-63-42-47(78-59-28-16-15-27-53(59)73(8)36-19-20-37-74(73,78)9)41-62-66(63)75(56-34-33-51-49-25-14-18-31-65(49)80-69(51)67(56)77)57-43-54-55(72(6,7)39-38-71(54,4)5)44-61(57)76(62)60-29-21-26-50-48-24-13-17-30-64(48)79-68(50)60/h10-18,21-35,40-44H,19-20,36-39H2,1-9H3. The van der Waals surface area contributed by atoms with Crippen LogP contribution in [0.1, 0.15) is 123 Å². The maximum Gasteiger partial charge on any atom is 0.252 e. The average molecular weight is 1060 g/mol. The van der Waals surface area contributed by atoms with E-state index in [1.54, 1.807) is 0 Å². The van der Waals surface area contributed by atoms with Crippen LogP contribution in [0.5, 0.6) is 0 Å². The summed E-state index contributed by atoms with van der Waals surface area (Å²) in [6, 6.07) is 68.1. The minimum absolute atomic E-state index is 0.0139. The van der Waals surface area contributed by atoms with Gasteiger partial charge in [0, 0.05) is 65.7 Å². The number of hydrogen-bond donors (Lipinski definition) is 0. The summed E-state index contributed by atoms with van der Waals surface area (Å²) in [4.78, 5) is 8.24. The predicted molar refractivity (Wildman–Crippen MR) is 343 cm³/mol. The smallest absolute Gasteiger partial charge is 0.252 e. The summed E-state index contributed by atoms with van der Waals surface area (Å²) in [5.74, 6) is 0. The van der Waals surface area contributed by atoms with Crippen molar-refractivity contribution in [1.82, 2.24) is 0 Å². The number of furan rings is 1. The van der Waals surface area contributed by atoms with Gasteiger partial charge in [0.25, 0.3) is 6.71 Å². The Hall–Kier alpha value is -7.54. The molecular weight excluding hydrogens is 990 g/mol. The number of hydrogen-bond acceptors (Lipinski definition) is 5. The van der Waals surface area contributed by atoms with Gasteiger partial charge in [-0.25, -0.2) is 0 Å². The summed E-state index contributed by atoms with van der Waals surface area (Å²) >= 11 is 1.96. The largest absolute Gasteiger partial charge is 0.454 e. The van der Waals surface area contributed by atoms with Crippen molar-refractivity contribution in [3.63, 3.8) is 0 Å². The lowest BCUT2D eigenvalue weighted by Gasteiger charge is -2.51. The molecule has 4 nitrogen and oxygen atoms in total. The summed E-state index contributed by atoms with van der Waals surface area (Å²) in [7, 11) is 0. The molecule has 6 heteroatoms. The van der Waals surface area contributed by atoms with E-state index in [1.165, 1.54) is 123 Å². The van der Waals surface area contributed by atoms with Crippen LogP contribution >= 0.6 is 11.3 Å². The molecule has 2 unspecified atom stereocenters. The molecule has 16 rings (SSSR count). The van der Waals surface area contributed by atoms with Gasteiger partial charge in [0.05, 0.1) is 27.3 Å². The SMILES string of the molecule is CC(C)(C)c1ccc(N2c3cc(N4c5ccccc5C5(C)CCCCC45C)cc4c3B(c3cc5c(cc3N4c3cccc4c3oc3ccccc34)C(C)(C)CCC5(C)C)c3ccc4c(sc5ccccc54)c32)c(-c2ccccc2)c1. The highest BCUT2D eigenvalue weighted by atomic mass is 32.1. The van der Waals surface area contributed by atoms with Gasteiger partial charge in [-0.3, -0.25) is 0 Å². The molecule has 0 saturated heterocycles. The molecule has 0 N–H and O–H groups in total. The number of para-hydroxylation sites is 3. The molecule has 2 atom stereocenters. The zero-order chi connectivity index (χ0) is 54.4. The van der Waals surface area contributed by atoms with Gasteiger partial charge in [0.15, 0.2) is 5.58 Å². The fraction of sp³-hybridized carbons (Fsp3) is 0.270. The molecule has 2 aromatic heterocycles. The van der Waals surface area contributed by atoms with Crippen LogP contribution in [0.3, 0.4) is 0 Å². The van der Waals surface area contributed by atoms with Gasteiger partial charge in [-0.1, -0.05) is 190 Å². The van der Waals surface area contributed by atoms with Crippen LogP contribution in [0.15, 0.2) is 180 Å². The van der Waals surface area contributed by atoms with Crippen molar-refractivity contribution in [2.45, 2.75) is 128 Å².